The van der Waals surface area contributed by atoms with Crippen LogP contribution in [0, 0.1) is 5.39 Å². The first-order valence-corrected chi connectivity index (χ1v) is 6.85. The van der Waals surface area contributed by atoms with Gasteiger partial charge in [-0.25, -0.2) is 0 Å². The van der Waals surface area contributed by atoms with Crippen molar-refractivity contribution in [2.75, 3.05) is 31.3 Å². The SMILES string of the molecule is CCOC1CN(c2ccccc2[N+]#N)C(OCC)CO1.[Cl-].[Cl-].[Cl-].[Zn+2]. The largest absolute Gasteiger partial charge is 2.00 e. The van der Waals surface area contributed by atoms with E-state index in [0.717, 1.165) is 5.69 Å². The number of para-hydroxylation sites is 1. The van der Waals surface area contributed by atoms with Crippen LogP contribution in [0.15, 0.2) is 24.3 Å². The zero-order chi connectivity index (χ0) is 14.4. The standard InChI is InChI=1S/C14H20N3O3.3ClH.Zn/c1-3-18-13-10-20-14(19-4-2)9-17(13)12-8-6-5-7-11(12)16-15;;;;/h5-8,13-14H,3-4,9-10H2,1-2H3;3*1H;/q+1;;;;+2/p-3. The van der Waals surface area contributed by atoms with Gasteiger partial charge in [0.05, 0.1) is 13.2 Å². The Morgan fingerprint density at radius 3 is 2.38 bits per heavy atom. The van der Waals surface area contributed by atoms with Crippen LogP contribution in [0.4, 0.5) is 11.4 Å². The van der Waals surface area contributed by atoms with Crippen LogP contribution in [0.1, 0.15) is 13.8 Å². The molecule has 2 rings (SSSR count). The maximum Gasteiger partial charge on any atom is 2.00 e. The maximum atomic E-state index is 9.13. The van der Waals surface area contributed by atoms with Crippen molar-refractivity contribution in [2.24, 2.45) is 0 Å². The van der Waals surface area contributed by atoms with Gasteiger partial charge in [-0.05, 0) is 19.9 Å². The van der Waals surface area contributed by atoms with Crippen molar-refractivity contribution in [2.45, 2.75) is 26.4 Å². The molecule has 0 saturated carbocycles. The fourth-order valence-corrected chi connectivity index (χ4v) is 2.27. The summed E-state index contributed by atoms with van der Waals surface area (Å²) in [6.45, 7) is 5.99. The number of morpholine rings is 1. The molecule has 2 atom stereocenters. The molecule has 0 amide bonds. The van der Waals surface area contributed by atoms with Crippen molar-refractivity contribution in [1.29, 1.82) is 5.39 Å². The van der Waals surface area contributed by atoms with E-state index in [0.29, 0.717) is 32.1 Å². The molecule has 0 bridgehead atoms. The molecule has 1 aromatic rings. The van der Waals surface area contributed by atoms with Crippen LogP contribution in [0.5, 0.6) is 0 Å². The minimum atomic E-state index is -0.302. The fourth-order valence-electron chi connectivity index (χ4n) is 2.27. The number of anilines is 1. The minimum absolute atomic E-state index is 0. The van der Waals surface area contributed by atoms with Gasteiger partial charge in [0.25, 0.3) is 0 Å². The van der Waals surface area contributed by atoms with E-state index in [-0.39, 0.29) is 69.2 Å². The van der Waals surface area contributed by atoms with Gasteiger partial charge in [0, 0.05) is 19.3 Å². The molecule has 0 N–H and O–H groups in total. The fraction of sp³-hybridized carbons (Fsp3) is 0.571. The molecule has 1 heterocycles. The monoisotopic (exact) mass is 447 g/mol. The van der Waals surface area contributed by atoms with Crippen molar-refractivity contribution in [1.82, 2.24) is 0 Å². The van der Waals surface area contributed by atoms with Crippen LogP contribution in [-0.4, -0.2) is 38.9 Å². The van der Waals surface area contributed by atoms with Gasteiger partial charge < -0.3 is 56.3 Å². The van der Waals surface area contributed by atoms with Gasteiger partial charge in [-0.2, -0.15) is 0 Å². The third-order valence-corrected chi connectivity index (χ3v) is 3.13. The van der Waals surface area contributed by atoms with Gasteiger partial charge in [-0.1, -0.05) is 12.1 Å². The molecular formula is C14H20Cl3N3O3Zn. The molecule has 1 aliphatic heterocycles. The molecular weight excluding hydrogens is 430 g/mol. The number of hydrogen-bond acceptors (Lipinski definition) is 5. The van der Waals surface area contributed by atoms with E-state index in [9.17, 15) is 0 Å². The first-order valence-electron chi connectivity index (χ1n) is 6.85. The predicted octanol–water partition coefficient (Wildman–Crippen LogP) is -6.26. The van der Waals surface area contributed by atoms with Crippen LogP contribution >= 0.6 is 0 Å². The molecule has 0 aromatic heterocycles. The van der Waals surface area contributed by atoms with E-state index in [1.165, 1.54) is 0 Å². The Morgan fingerprint density at radius 1 is 1.17 bits per heavy atom. The summed E-state index contributed by atoms with van der Waals surface area (Å²) < 4.78 is 16.8. The second kappa shape index (κ2) is 15.1. The Labute approximate surface area is 174 Å². The molecule has 0 spiro atoms. The van der Waals surface area contributed by atoms with Gasteiger partial charge in [0.1, 0.15) is 5.69 Å². The van der Waals surface area contributed by atoms with Gasteiger partial charge in [0.15, 0.2) is 17.5 Å². The van der Waals surface area contributed by atoms with E-state index < -0.39 is 0 Å². The van der Waals surface area contributed by atoms with Gasteiger partial charge in [-0.3, -0.25) is 0 Å². The summed E-state index contributed by atoms with van der Waals surface area (Å²) in [5.74, 6) is 0. The van der Waals surface area contributed by atoms with E-state index in [2.05, 4.69) is 4.98 Å². The normalized spacial score (nSPS) is 18.8. The third kappa shape index (κ3) is 7.37. The Balaban J connectivity index is -0.00000110. The zero-order valence-corrected chi connectivity index (χ0v) is 18.9. The number of rotatable bonds is 5. The molecule has 1 aliphatic rings. The van der Waals surface area contributed by atoms with Crippen molar-refractivity contribution in [3.8, 4) is 0 Å². The Hall–Kier alpha value is -0.187. The zero-order valence-electron chi connectivity index (χ0n) is 13.7. The topological polar surface area (TPSA) is 59.1 Å². The summed E-state index contributed by atoms with van der Waals surface area (Å²) in [6.07, 6.45) is -0.511. The molecule has 2 unspecified atom stereocenters. The number of diazo groups is 1. The van der Waals surface area contributed by atoms with Crippen molar-refractivity contribution in [3.63, 3.8) is 0 Å². The molecule has 1 saturated heterocycles. The van der Waals surface area contributed by atoms with Crippen molar-refractivity contribution in [3.05, 3.63) is 29.2 Å². The average Bonchev–Trinajstić information content (AvgIpc) is 2.49. The Bertz CT molecular complexity index is 494. The molecule has 0 aliphatic carbocycles. The second-order valence-electron chi connectivity index (χ2n) is 4.37. The quantitative estimate of drug-likeness (QED) is 0.331. The van der Waals surface area contributed by atoms with E-state index in [4.69, 9.17) is 19.6 Å². The molecule has 10 heteroatoms. The smallest absolute Gasteiger partial charge is 1.00 e. The molecule has 24 heavy (non-hydrogen) atoms. The Kier molecular flexibility index (Phi) is 18.0. The number of ether oxygens (including phenoxy) is 3. The molecule has 0 radical (unpaired) electrons. The first-order chi connectivity index (χ1) is 9.80. The van der Waals surface area contributed by atoms with Crippen molar-refractivity contribution < 1.29 is 70.9 Å². The molecule has 132 valence electrons. The summed E-state index contributed by atoms with van der Waals surface area (Å²) in [6, 6.07) is 7.38. The third-order valence-electron chi connectivity index (χ3n) is 3.13. The van der Waals surface area contributed by atoms with Crippen LogP contribution in [0.25, 0.3) is 4.98 Å². The van der Waals surface area contributed by atoms with Crippen LogP contribution in [0.3, 0.4) is 0 Å². The second-order valence-corrected chi connectivity index (χ2v) is 4.37. The summed E-state index contributed by atoms with van der Waals surface area (Å²) >= 11 is 0. The average molecular weight is 450 g/mol. The first kappa shape index (κ1) is 28.6. The summed E-state index contributed by atoms with van der Waals surface area (Å²) in [5.41, 5.74) is 1.32. The van der Waals surface area contributed by atoms with Gasteiger partial charge >= 0.3 is 25.2 Å². The Morgan fingerprint density at radius 2 is 1.79 bits per heavy atom. The van der Waals surface area contributed by atoms with Crippen LogP contribution in [0.2, 0.25) is 0 Å². The molecule has 6 nitrogen and oxygen atoms in total. The maximum absolute atomic E-state index is 9.13. The van der Waals surface area contributed by atoms with Gasteiger partial charge in [-0.15, -0.1) is 0 Å². The molecule has 1 aromatic carbocycles. The summed E-state index contributed by atoms with van der Waals surface area (Å²) in [4.78, 5) is 5.35. The van der Waals surface area contributed by atoms with E-state index in [1.807, 2.05) is 36.9 Å². The van der Waals surface area contributed by atoms with E-state index in [1.54, 1.807) is 6.07 Å². The summed E-state index contributed by atoms with van der Waals surface area (Å²) in [7, 11) is 0. The van der Waals surface area contributed by atoms with Crippen LogP contribution < -0.4 is 42.1 Å². The summed E-state index contributed by atoms with van der Waals surface area (Å²) in [5, 5.41) is 9.13. The molecule has 1 fully saturated rings. The number of nitrogens with zero attached hydrogens (tertiary/aromatic N) is 3. The predicted molar refractivity (Wildman–Crippen MR) is 75.3 cm³/mol. The number of hydrogen-bond donors (Lipinski definition) is 0. The van der Waals surface area contributed by atoms with Crippen LogP contribution in [-0.2, 0) is 33.7 Å². The van der Waals surface area contributed by atoms with Gasteiger partial charge in [0.2, 0.25) is 5.39 Å². The van der Waals surface area contributed by atoms with Crippen molar-refractivity contribution >= 4 is 11.4 Å². The van der Waals surface area contributed by atoms with E-state index >= 15 is 0 Å². The number of benzene rings is 1. The minimum Gasteiger partial charge on any atom is -1.00 e. The number of halogens is 3.